The van der Waals surface area contributed by atoms with Gasteiger partial charge in [-0.05, 0) is 12.0 Å². The summed E-state index contributed by atoms with van der Waals surface area (Å²) in [7, 11) is -3.69. The SMILES string of the molecule is NS(=O)(=O)C1=NCCc2ccccc21. The summed E-state index contributed by atoms with van der Waals surface area (Å²) in [5, 5.41) is 5.08. The molecule has 5 heteroatoms. The molecule has 0 atom stereocenters. The summed E-state index contributed by atoms with van der Waals surface area (Å²) in [5.41, 5.74) is 1.63. The van der Waals surface area contributed by atoms with Crippen molar-refractivity contribution in [2.45, 2.75) is 6.42 Å². The molecular weight excluding hydrogens is 200 g/mol. The van der Waals surface area contributed by atoms with Crippen LogP contribution < -0.4 is 5.14 Å². The van der Waals surface area contributed by atoms with Crippen LogP contribution in [0, 0.1) is 0 Å². The van der Waals surface area contributed by atoms with Crippen molar-refractivity contribution in [2.75, 3.05) is 6.54 Å². The maximum Gasteiger partial charge on any atom is 0.255 e. The Hall–Kier alpha value is -1.20. The molecule has 14 heavy (non-hydrogen) atoms. The smallest absolute Gasteiger partial charge is 0.255 e. The summed E-state index contributed by atoms with van der Waals surface area (Å²) in [4.78, 5) is 3.95. The van der Waals surface area contributed by atoms with Crippen LogP contribution in [0.2, 0.25) is 0 Å². The van der Waals surface area contributed by atoms with E-state index in [2.05, 4.69) is 4.99 Å². The van der Waals surface area contributed by atoms with E-state index >= 15 is 0 Å². The molecule has 1 heterocycles. The van der Waals surface area contributed by atoms with Crippen LogP contribution in [0.15, 0.2) is 29.3 Å². The van der Waals surface area contributed by atoms with E-state index in [1.165, 1.54) is 0 Å². The number of nitrogens with zero attached hydrogens (tertiary/aromatic N) is 1. The van der Waals surface area contributed by atoms with Crippen LogP contribution in [0.25, 0.3) is 0 Å². The summed E-state index contributed by atoms with van der Waals surface area (Å²) < 4.78 is 22.4. The van der Waals surface area contributed by atoms with Crippen LogP contribution in [-0.4, -0.2) is 20.0 Å². The predicted molar refractivity (Wildman–Crippen MR) is 54.7 cm³/mol. The van der Waals surface area contributed by atoms with E-state index < -0.39 is 10.0 Å². The zero-order chi connectivity index (χ0) is 10.2. The van der Waals surface area contributed by atoms with E-state index in [0.717, 1.165) is 12.0 Å². The van der Waals surface area contributed by atoms with E-state index in [0.29, 0.717) is 12.1 Å². The van der Waals surface area contributed by atoms with Gasteiger partial charge in [0.15, 0.2) is 5.04 Å². The Bertz CT molecular complexity index is 491. The number of fused-ring (bicyclic) bond motifs is 1. The van der Waals surface area contributed by atoms with Crippen LogP contribution in [0.3, 0.4) is 0 Å². The van der Waals surface area contributed by atoms with Gasteiger partial charge in [0, 0.05) is 12.1 Å². The molecule has 0 aliphatic carbocycles. The van der Waals surface area contributed by atoms with Gasteiger partial charge >= 0.3 is 0 Å². The second kappa shape index (κ2) is 3.18. The molecule has 0 amide bonds. The Balaban J connectivity index is 2.62. The quantitative estimate of drug-likeness (QED) is 0.668. The van der Waals surface area contributed by atoms with Crippen molar-refractivity contribution in [3.63, 3.8) is 0 Å². The summed E-state index contributed by atoms with van der Waals surface area (Å²) in [6.45, 7) is 0.489. The third-order valence-electron chi connectivity index (χ3n) is 2.15. The molecule has 1 aliphatic heterocycles. The molecule has 2 N–H and O–H groups in total. The normalized spacial score (nSPS) is 15.9. The van der Waals surface area contributed by atoms with Crippen molar-refractivity contribution < 1.29 is 8.42 Å². The highest BCUT2D eigenvalue weighted by atomic mass is 32.2. The lowest BCUT2D eigenvalue weighted by atomic mass is 10.0. The number of benzene rings is 1. The van der Waals surface area contributed by atoms with Gasteiger partial charge in [-0.15, -0.1) is 0 Å². The fraction of sp³-hybridized carbons (Fsp3) is 0.222. The number of nitrogens with two attached hydrogens (primary N) is 1. The molecule has 1 aromatic carbocycles. The number of rotatable bonds is 0. The van der Waals surface area contributed by atoms with E-state index in [4.69, 9.17) is 5.14 Å². The van der Waals surface area contributed by atoms with Crippen molar-refractivity contribution in [1.82, 2.24) is 0 Å². The monoisotopic (exact) mass is 210 g/mol. The first-order valence-corrected chi connectivity index (χ1v) is 5.79. The minimum absolute atomic E-state index is 0.0133. The first kappa shape index (κ1) is 9.36. The molecule has 0 saturated heterocycles. The van der Waals surface area contributed by atoms with Crippen LogP contribution in [-0.2, 0) is 16.4 Å². The fourth-order valence-electron chi connectivity index (χ4n) is 1.55. The molecule has 0 bridgehead atoms. The summed E-state index contributed by atoms with van der Waals surface area (Å²) in [5.74, 6) is 0. The second-order valence-electron chi connectivity index (χ2n) is 3.14. The Kier molecular flexibility index (Phi) is 2.13. The Morgan fingerprint density at radius 2 is 2.00 bits per heavy atom. The lowest BCUT2D eigenvalue weighted by molar-refractivity contribution is 0.608. The minimum atomic E-state index is -3.69. The number of hydrogen-bond acceptors (Lipinski definition) is 3. The summed E-state index contributed by atoms with van der Waals surface area (Å²) >= 11 is 0. The number of primary sulfonamides is 1. The maximum absolute atomic E-state index is 11.2. The maximum atomic E-state index is 11.2. The van der Waals surface area contributed by atoms with Gasteiger partial charge in [0.2, 0.25) is 0 Å². The zero-order valence-corrected chi connectivity index (χ0v) is 8.29. The van der Waals surface area contributed by atoms with Crippen LogP contribution in [0.1, 0.15) is 11.1 Å². The van der Waals surface area contributed by atoms with Gasteiger partial charge in [0.05, 0.1) is 0 Å². The highest BCUT2D eigenvalue weighted by Crippen LogP contribution is 2.17. The molecule has 2 rings (SSSR count). The highest BCUT2D eigenvalue weighted by Gasteiger charge is 2.21. The van der Waals surface area contributed by atoms with Gasteiger partial charge in [0.1, 0.15) is 0 Å². The average Bonchev–Trinajstić information content (AvgIpc) is 2.15. The molecule has 1 aliphatic rings. The number of sulfonamides is 1. The second-order valence-corrected chi connectivity index (χ2v) is 4.62. The molecule has 4 nitrogen and oxygen atoms in total. The van der Waals surface area contributed by atoms with Gasteiger partial charge in [-0.3, -0.25) is 4.99 Å². The van der Waals surface area contributed by atoms with E-state index in [-0.39, 0.29) is 5.04 Å². The fourth-order valence-corrected chi connectivity index (χ4v) is 2.33. The average molecular weight is 210 g/mol. The standard InChI is InChI=1S/C9H10N2O2S/c10-14(12,13)9-8-4-2-1-3-7(8)5-6-11-9/h1-4H,5-6H2,(H2,10,12,13). The first-order valence-electron chi connectivity index (χ1n) is 4.24. The Labute approximate surface area is 82.5 Å². The van der Waals surface area contributed by atoms with Crippen molar-refractivity contribution in [2.24, 2.45) is 10.1 Å². The third kappa shape index (κ3) is 1.56. The highest BCUT2D eigenvalue weighted by molar-refractivity contribution is 8.05. The lowest BCUT2D eigenvalue weighted by Crippen LogP contribution is -2.28. The molecule has 0 saturated carbocycles. The minimum Gasteiger partial charge on any atom is -0.272 e. The van der Waals surface area contributed by atoms with E-state index in [1.807, 2.05) is 12.1 Å². The van der Waals surface area contributed by atoms with Crippen molar-refractivity contribution >= 4 is 15.1 Å². The summed E-state index contributed by atoms with van der Waals surface area (Å²) in [6, 6.07) is 7.29. The van der Waals surface area contributed by atoms with E-state index in [1.54, 1.807) is 12.1 Å². The summed E-state index contributed by atoms with van der Waals surface area (Å²) in [6.07, 6.45) is 0.773. The molecule has 0 fully saturated rings. The van der Waals surface area contributed by atoms with Gasteiger partial charge in [-0.2, -0.15) is 0 Å². The van der Waals surface area contributed by atoms with Gasteiger partial charge in [-0.1, -0.05) is 24.3 Å². The van der Waals surface area contributed by atoms with Crippen LogP contribution in [0.5, 0.6) is 0 Å². The molecule has 0 spiro atoms. The van der Waals surface area contributed by atoms with Crippen molar-refractivity contribution in [1.29, 1.82) is 0 Å². The topological polar surface area (TPSA) is 72.5 Å². The van der Waals surface area contributed by atoms with Gasteiger partial charge < -0.3 is 0 Å². The Morgan fingerprint density at radius 3 is 2.71 bits per heavy atom. The zero-order valence-electron chi connectivity index (χ0n) is 7.47. The van der Waals surface area contributed by atoms with Gasteiger partial charge in [-0.25, -0.2) is 13.6 Å². The molecule has 0 aromatic heterocycles. The molecular formula is C9H10N2O2S. The van der Waals surface area contributed by atoms with E-state index in [9.17, 15) is 8.42 Å². The number of hydrogen-bond donors (Lipinski definition) is 1. The molecule has 74 valence electrons. The van der Waals surface area contributed by atoms with Gasteiger partial charge in [0.25, 0.3) is 10.0 Å². The predicted octanol–water partition coefficient (Wildman–Crippen LogP) is 0.278. The third-order valence-corrected chi connectivity index (χ3v) is 3.04. The largest absolute Gasteiger partial charge is 0.272 e. The molecule has 0 unspecified atom stereocenters. The van der Waals surface area contributed by atoms with Crippen molar-refractivity contribution in [3.05, 3.63) is 35.4 Å². The first-order chi connectivity index (χ1) is 6.59. The number of aliphatic imine (C=N–C) groups is 1. The molecule has 0 radical (unpaired) electrons. The van der Waals surface area contributed by atoms with Crippen LogP contribution in [0.4, 0.5) is 0 Å². The van der Waals surface area contributed by atoms with Crippen molar-refractivity contribution in [3.8, 4) is 0 Å². The lowest BCUT2D eigenvalue weighted by Gasteiger charge is -2.14. The molecule has 1 aromatic rings. The van der Waals surface area contributed by atoms with Crippen LogP contribution >= 0.6 is 0 Å². The Morgan fingerprint density at radius 1 is 1.29 bits per heavy atom.